The van der Waals surface area contributed by atoms with Crippen LogP contribution in [0, 0.1) is 19.7 Å². The molecule has 2 aromatic rings. The number of anilines is 1. The van der Waals surface area contributed by atoms with E-state index in [9.17, 15) is 4.39 Å². The van der Waals surface area contributed by atoms with Crippen LogP contribution in [-0.4, -0.2) is 6.54 Å². The van der Waals surface area contributed by atoms with Crippen LogP contribution in [0.4, 0.5) is 10.1 Å². The number of hydrogen-bond donors (Lipinski definition) is 0. The Labute approximate surface area is 123 Å². The normalized spacial score (nSPS) is 10.7. The second-order valence-corrected chi connectivity index (χ2v) is 5.80. The van der Waals surface area contributed by atoms with E-state index in [0.29, 0.717) is 0 Å². The number of nitrogens with zero attached hydrogens (tertiary/aromatic N) is 1. The fraction of sp³-hybridized carbons (Fsp3) is 0.294. The van der Waals surface area contributed by atoms with Crippen molar-refractivity contribution in [3.63, 3.8) is 0 Å². The van der Waals surface area contributed by atoms with Gasteiger partial charge in [0.25, 0.3) is 0 Å². The number of hydrogen-bond acceptors (Lipinski definition) is 1. The van der Waals surface area contributed by atoms with Crippen LogP contribution >= 0.6 is 9.24 Å². The van der Waals surface area contributed by atoms with Crippen LogP contribution < -0.4 is 10.2 Å². The van der Waals surface area contributed by atoms with Crippen LogP contribution in [0.5, 0.6) is 0 Å². The topological polar surface area (TPSA) is 3.24 Å². The van der Waals surface area contributed by atoms with Gasteiger partial charge in [-0.2, -0.15) is 0 Å². The summed E-state index contributed by atoms with van der Waals surface area (Å²) in [5.74, 6) is -0.168. The molecule has 0 aliphatic rings. The smallest absolute Gasteiger partial charge is 0.123 e. The predicted octanol–water partition coefficient (Wildman–Crippen LogP) is 3.97. The van der Waals surface area contributed by atoms with E-state index in [1.54, 1.807) is 6.07 Å². The highest BCUT2D eigenvalue weighted by molar-refractivity contribution is 7.27. The summed E-state index contributed by atoms with van der Waals surface area (Å²) < 4.78 is 13.4. The zero-order chi connectivity index (χ0) is 14.7. The van der Waals surface area contributed by atoms with Crippen LogP contribution in [-0.2, 0) is 6.54 Å². The highest BCUT2D eigenvalue weighted by Crippen LogP contribution is 2.22. The summed E-state index contributed by atoms with van der Waals surface area (Å²) in [6.45, 7) is 7.90. The summed E-state index contributed by atoms with van der Waals surface area (Å²) in [7, 11) is 2.72. The highest BCUT2D eigenvalue weighted by atomic mass is 31.0. The molecule has 0 aromatic heterocycles. The lowest BCUT2D eigenvalue weighted by Crippen LogP contribution is -2.23. The van der Waals surface area contributed by atoms with Gasteiger partial charge in [0.2, 0.25) is 0 Å². The first kappa shape index (κ1) is 15.0. The van der Waals surface area contributed by atoms with Gasteiger partial charge >= 0.3 is 0 Å². The molecule has 0 saturated carbocycles. The first-order chi connectivity index (χ1) is 9.51. The van der Waals surface area contributed by atoms with Gasteiger partial charge in [-0.15, -0.1) is 9.24 Å². The lowest BCUT2D eigenvalue weighted by atomic mass is 10.1. The SMILES string of the molecule is CCN(Cc1cc(F)ccc1C)c1ccc(P)cc1C. The van der Waals surface area contributed by atoms with Crippen molar-refractivity contribution in [3.05, 3.63) is 58.9 Å². The molecule has 1 atom stereocenters. The van der Waals surface area contributed by atoms with Crippen LogP contribution in [0.25, 0.3) is 0 Å². The lowest BCUT2D eigenvalue weighted by molar-refractivity contribution is 0.624. The predicted molar refractivity (Wildman–Crippen MR) is 88.4 cm³/mol. The van der Waals surface area contributed by atoms with E-state index in [0.717, 1.165) is 24.2 Å². The summed E-state index contributed by atoms with van der Waals surface area (Å²) in [6.07, 6.45) is 0. The molecular formula is C17H21FNP. The fourth-order valence-electron chi connectivity index (χ4n) is 2.42. The van der Waals surface area contributed by atoms with Crippen molar-refractivity contribution in [1.29, 1.82) is 0 Å². The lowest BCUT2D eigenvalue weighted by Gasteiger charge is -2.26. The van der Waals surface area contributed by atoms with Crippen molar-refractivity contribution < 1.29 is 4.39 Å². The monoisotopic (exact) mass is 289 g/mol. The Morgan fingerprint density at radius 2 is 1.80 bits per heavy atom. The van der Waals surface area contributed by atoms with E-state index in [4.69, 9.17) is 0 Å². The summed E-state index contributed by atoms with van der Waals surface area (Å²) in [6, 6.07) is 11.4. The molecule has 0 heterocycles. The average molecular weight is 289 g/mol. The van der Waals surface area contributed by atoms with Gasteiger partial charge in [-0.3, -0.25) is 0 Å². The quantitative estimate of drug-likeness (QED) is 0.770. The summed E-state index contributed by atoms with van der Waals surface area (Å²) in [4.78, 5) is 2.28. The third-order valence-corrected chi connectivity index (χ3v) is 3.97. The molecule has 0 aliphatic heterocycles. The molecule has 2 rings (SSSR count). The third-order valence-electron chi connectivity index (χ3n) is 3.62. The van der Waals surface area contributed by atoms with Gasteiger partial charge in [0, 0.05) is 18.8 Å². The van der Waals surface area contributed by atoms with Gasteiger partial charge in [-0.05, 0) is 61.0 Å². The van der Waals surface area contributed by atoms with E-state index in [1.807, 2.05) is 13.0 Å². The molecule has 1 nitrogen and oxygen atoms in total. The maximum absolute atomic E-state index is 13.4. The molecule has 3 heteroatoms. The van der Waals surface area contributed by atoms with Crippen LogP contribution in [0.2, 0.25) is 0 Å². The molecule has 1 unspecified atom stereocenters. The van der Waals surface area contributed by atoms with Gasteiger partial charge in [0.05, 0.1) is 0 Å². The van der Waals surface area contributed by atoms with Gasteiger partial charge in [-0.25, -0.2) is 4.39 Å². The first-order valence-corrected chi connectivity index (χ1v) is 7.45. The van der Waals surface area contributed by atoms with E-state index in [1.165, 1.54) is 22.6 Å². The van der Waals surface area contributed by atoms with Crippen molar-refractivity contribution in [2.45, 2.75) is 27.3 Å². The molecule has 0 amide bonds. The number of aryl methyl sites for hydroxylation is 2. The average Bonchev–Trinajstić information content (AvgIpc) is 2.40. The summed E-state index contributed by atoms with van der Waals surface area (Å²) in [5.41, 5.74) is 4.63. The summed E-state index contributed by atoms with van der Waals surface area (Å²) >= 11 is 0. The van der Waals surface area contributed by atoms with Gasteiger partial charge in [0.1, 0.15) is 5.82 Å². The largest absolute Gasteiger partial charge is 0.367 e. The Morgan fingerprint density at radius 1 is 1.05 bits per heavy atom. The van der Waals surface area contributed by atoms with Gasteiger partial charge < -0.3 is 4.90 Å². The minimum absolute atomic E-state index is 0.168. The van der Waals surface area contributed by atoms with E-state index >= 15 is 0 Å². The molecule has 0 spiro atoms. The zero-order valence-electron chi connectivity index (χ0n) is 12.3. The molecule has 0 fully saturated rings. The van der Waals surface area contributed by atoms with Gasteiger partial charge in [-0.1, -0.05) is 18.2 Å². The van der Waals surface area contributed by atoms with Crippen molar-refractivity contribution in [2.75, 3.05) is 11.4 Å². The fourth-order valence-corrected chi connectivity index (χ4v) is 2.76. The summed E-state index contributed by atoms with van der Waals surface area (Å²) in [5, 5.41) is 1.18. The Bertz CT molecular complexity index is 610. The minimum Gasteiger partial charge on any atom is -0.367 e. The van der Waals surface area contributed by atoms with E-state index in [-0.39, 0.29) is 5.82 Å². The second kappa shape index (κ2) is 6.37. The standard InChI is InChI=1S/C17H21FNP/c1-4-19(17-8-7-16(20)9-13(17)3)11-14-10-15(18)6-5-12(14)2/h5-10H,4,11,20H2,1-3H3. The Hall–Kier alpha value is -1.40. The van der Waals surface area contributed by atoms with Crippen molar-refractivity contribution in [1.82, 2.24) is 0 Å². The maximum atomic E-state index is 13.4. The van der Waals surface area contributed by atoms with Gasteiger partial charge in [0.15, 0.2) is 0 Å². The zero-order valence-corrected chi connectivity index (χ0v) is 13.4. The molecule has 2 aromatic carbocycles. The molecule has 0 aliphatic carbocycles. The van der Waals surface area contributed by atoms with Crippen LogP contribution in [0.15, 0.2) is 36.4 Å². The molecule has 0 N–H and O–H groups in total. The van der Waals surface area contributed by atoms with E-state index < -0.39 is 0 Å². The Balaban J connectivity index is 2.31. The maximum Gasteiger partial charge on any atom is 0.123 e. The number of benzene rings is 2. The third kappa shape index (κ3) is 3.37. The Kier molecular flexibility index (Phi) is 4.77. The first-order valence-electron chi connectivity index (χ1n) is 6.87. The van der Waals surface area contributed by atoms with Crippen molar-refractivity contribution in [2.24, 2.45) is 0 Å². The molecule has 0 radical (unpaired) electrons. The van der Waals surface area contributed by atoms with E-state index in [2.05, 4.69) is 46.2 Å². The van der Waals surface area contributed by atoms with Crippen molar-refractivity contribution in [3.8, 4) is 0 Å². The Morgan fingerprint density at radius 3 is 2.45 bits per heavy atom. The molecular weight excluding hydrogens is 268 g/mol. The van der Waals surface area contributed by atoms with Crippen molar-refractivity contribution >= 4 is 20.2 Å². The molecule has 0 saturated heterocycles. The molecule has 106 valence electrons. The number of rotatable bonds is 4. The van der Waals surface area contributed by atoms with Crippen LogP contribution in [0.3, 0.4) is 0 Å². The van der Waals surface area contributed by atoms with Crippen LogP contribution in [0.1, 0.15) is 23.6 Å². The number of halogens is 1. The highest BCUT2D eigenvalue weighted by Gasteiger charge is 2.10. The minimum atomic E-state index is -0.168. The second-order valence-electron chi connectivity index (χ2n) is 5.13. The molecule has 0 bridgehead atoms. The molecule has 20 heavy (non-hydrogen) atoms.